The monoisotopic (exact) mass is 308 g/mol. The first-order chi connectivity index (χ1) is 9.56. The number of nitrogens with zero attached hydrogens (tertiary/aromatic N) is 1. The lowest BCUT2D eigenvalue weighted by Gasteiger charge is -2.06. The maximum absolute atomic E-state index is 11.9. The first-order valence-corrected chi connectivity index (χ1v) is 7.68. The lowest BCUT2D eigenvalue weighted by molar-refractivity contribution is -0.120. The van der Waals surface area contributed by atoms with Gasteiger partial charge in [-0.1, -0.05) is 29.8 Å². The molecule has 1 aromatic heterocycles. The normalized spacial score (nSPS) is 10.6. The van der Waals surface area contributed by atoms with E-state index in [0.29, 0.717) is 18.0 Å². The van der Waals surface area contributed by atoms with Crippen LogP contribution in [0.15, 0.2) is 24.3 Å². The largest absolute Gasteiger partial charge is 0.355 e. The minimum Gasteiger partial charge on any atom is -0.355 e. The second kappa shape index (κ2) is 6.86. The van der Waals surface area contributed by atoms with E-state index in [9.17, 15) is 4.79 Å². The third-order valence-corrected chi connectivity index (χ3v) is 4.48. The standard InChI is InChI=1S/C15H17ClN2OS/c1-10-14(20-11(2)18-10)7-8-17-15(19)9-12-5-3-4-6-13(12)16/h3-6H,7-9H2,1-2H3,(H,17,19). The fraction of sp³-hybridized carbons (Fsp3) is 0.333. The average Bonchev–Trinajstić information content (AvgIpc) is 2.71. The molecule has 1 aromatic carbocycles. The summed E-state index contributed by atoms with van der Waals surface area (Å²) >= 11 is 7.72. The van der Waals surface area contributed by atoms with Crippen LogP contribution in [0.25, 0.3) is 0 Å². The molecule has 1 amide bonds. The number of rotatable bonds is 5. The van der Waals surface area contributed by atoms with Gasteiger partial charge >= 0.3 is 0 Å². The Kier molecular flexibility index (Phi) is 5.15. The van der Waals surface area contributed by atoms with Gasteiger partial charge < -0.3 is 5.32 Å². The first kappa shape index (κ1) is 15.0. The number of benzene rings is 1. The Balaban J connectivity index is 1.81. The smallest absolute Gasteiger partial charge is 0.224 e. The molecule has 0 bridgehead atoms. The van der Waals surface area contributed by atoms with Crippen LogP contribution in [-0.4, -0.2) is 17.4 Å². The summed E-state index contributed by atoms with van der Waals surface area (Å²) in [5.41, 5.74) is 1.92. The lowest BCUT2D eigenvalue weighted by Crippen LogP contribution is -2.27. The van der Waals surface area contributed by atoms with Crippen LogP contribution in [-0.2, 0) is 17.6 Å². The molecular weight excluding hydrogens is 292 g/mol. The van der Waals surface area contributed by atoms with Gasteiger partial charge in [-0.3, -0.25) is 4.79 Å². The highest BCUT2D eigenvalue weighted by Crippen LogP contribution is 2.17. The lowest BCUT2D eigenvalue weighted by atomic mass is 10.1. The molecule has 0 aliphatic heterocycles. The van der Waals surface area contributed by atoms with Gasteiger partial charge in [-0.2, -0.15) is 0 Å². The van der Waals surface area contributed by atoms with Gasteiger partial charge in [0, 0.05) is 22.9 Å². The Morgan fingerprint density at radius 2 is 2.10 bits per heavy atom. The second-order valence-electron chi connectivity index (χ2n) is 4.61. The summed E-state index contributed by atoms with van der Waals surface area (Å²) in [4.78, 5) is 17.5. The zero-order valence-corrected chi connectivity index (χ0v) is 13.1. The number of aromatic nitrogens is 1. The van der Waals surface area contributed by atoms with Crippen molar-refractivity contribution in [2.75, 3.05) is 6.54 Å². The van der Waals surface area contributed by atoms with Crippen molar-refractivity contribution >= 4 is 28.8 Å². The average molecular weight is 309 g/mol. The zero-order valence-electron chi connectivity index (χ0n) is 11.6. The van der Waals surface area contributed by atoms with Gasteiger partial charge in [0.1, 0.15) is 0 Å². The van der Waals surface area contributed by atoms with Crippen LogP contribution >= 0.6 is 22.9 Å². The molecule has 1 heterocycles. The molecule has 0 atom stereocenters. The van der Waals surface area contributed by atoms with Gasteiger partial charge in [0.15, 0.2) is 0 Å². The Hall–Kier alpha value is -1.39. The topological polar surface area (TPSA) is 42.0 Å². The van der Waals surface area contributed by atoms with Crippen molar-refractivity contribution in [1.82, 2.24) is 10.3 Å². The van der Waals surface area contributed by atoms with E-state index in [2.05, 4.69) is 10.3 Å². The van der Waals surface area contributed by atoms with Crippen molar-refractivity contribution in [3.05, 3.63) is 50.4 Å². The molecule has 0 saturated carbocycles. The number of carbonyl (C=O) groups excluding carboxylic acids is 1. The summed E-state index contributed by atoms with van der Waals surface area (Å²) in [5.74, 6) is -0.00279. The predicted molar refractivity (Wildman–Crippen MR) is 83.5 cm³/mol. The molecule has 0 fully saturated rings. The van der Waals surface area contributed by atoms with Crippen LogP contribution < -0.4 is 5.32 Å². The molecule has 106 valence electrons. The summed E-state index contributed by atoms with van der Waals surface area (Å²) in [5, 5.41) is 4.63. The molecule has 2 aromatic rings. The van der Waals surface area contributed by atoms with Crippen molar-refractivity contribution in [2.45, 2.75) is 26.7 Å². The van der Waals surface area contributed by atoms with Crippen molar-refractivity contribution in [2.24, 2.45) is 0 Å². The summed E-state index contributed by atoms with van der Waals surface area (Å²) < 4.78 is 0. The van der Waals surface area contributed by atoms with E-state index in [0.717, 1.165) is 22.7 Å². The summed E-state index contributed by atoms with van der Waals surface area (Å²) in [6, 6.07) is 7.42. The van der Waals surface area contributed by atoms with E-state index in [1.165, 1.54) is 4.88 Å². The number of carbonyl (C=O) groups is 1. The first-order valence-electron chi connectivity index (χ1n) is 6.49. The Morgan fingerprint density at radius 3 is 2.75 bits per heavy atom. The van der Waals surface area contributed by atoms with Gasteiger partial charge in [0.25, 0.3) is 0 Å². The number of amides is 1. The number of hydrogen-bond acceptors (Lipinski definition) is 3. The second-order valence-corrected chi connectivity index (χ2v) is 6.30. The van der Waals surface area contributed by atoms with E-state index in [1.807, 2.05) is 32.0 Å². The Bertz CT molecular complexity index is 610. The SMILES string of the molecule is Cc1nc(C)c(CCNC(=O)Cc2ccccc2Cl)s1. The molecule has 2 rings (SSSR count). The van der Waals surface area contributed by atoms with Gasteiger partial charge in [0.05, 0.1) is 17.1 Å². The number of hydrogen-bond donors (Lipinski definition) is 1. The maximum Gasteiger partial charge on any atom is 0.224 e. The minimum atomic E-state index is -0.00279. The molecule has 20 heavy (non-hydrogen) atoms. The Morgan fingerprint density at radius 1 is 1.35 bits per heavy atom. The van der Waals surface area contributed by atoms with E-state index in [1.54, 1.807) is 17.4 Å². The minimum absolute atomic E-state index is 0.00279. The Labute approximate surface area is 128 Å². The predicted octanol–water partition coefficient (Wildman–Crippen LogP) is 3.31. The van der Waals surface area contributed by atoms with Crippen LogP contribution in [0, 0.1) is 13.8 Å². The fourth-order valence-electron chi connectivity index (χ4n) is 2.00. The number of aryl methyl sites for hydroxylation is 2. The summed E-state index contributed by atoms with van der Waals surface area (Å²) in [6.45, 7) is 4.63. The van der Waals surface area contributed by atoms with Crippen LogP contribution in [0.2, 0.25) is 5.02 Å². The maximum atomic E-state index is 11.9. The molecule has 0 unspecified atom stereocenters. The van der Waals surface area contributed by atoms with Crippen LogP contribution in [0.4, 0.5) is 0 Å². The van der Waals surface area contributed by atoms with Gasteiger partial charge in [0.2, 0.25) is 5.91 Å². The van der Waals surface area contributed by atoms with E-state index >= 15 is 0 Å². The number of nitrogens with one attached hydrogen (secondary N) is 1. The van der Waals surface area contributed by atoms with Crippen molar-refractivity contribution in [3.63, 3.8) is 0 Å². The quantitative estimate of drug-likeness (QED) is 0.920. The number of halogens is 1. The highest BCUT2D eigenvalue weighted by molar-refractivity contribution is 7.11. The van der Waals surface area contributed by atoms with Gasteiger partial charge in [-0.05, 0) is 25.5 Å². The molecule has 3 nitrogen and oxygen atoms in total. The summed E-state index contributed by atoms with van der Waals surface area (Å²) in [6.07, 6.45) is 1.14. The fourth-order valence-corrected chi connectivity index (χ4v) is 3.14. The summed E-state index contributed by atoms with van der Waals surface area (Å²) in [7, 11) is 0. The highest BCUT2D eigenvalue weighted by Gasteiger charge is 2.08. The third kappa shape index (κ3) is 4.05. The third-order valence-electron chi connectivity index (χ3n) is 2.98. The van der Waals surface area contributed by atoms with E-state index < -0.39 is 0 Å². The molecule has 0 spiro atoms. The van der Waals surface area contributed by atoms with Crippen molar-refractivity contribution in [3.8, 4) is 0 Å². The van der Waals surface area contributed by atoms with Crippen molar-refractivity contribution in [1.29, 1.82) is 0 Å². The highest BCUT2D eigenvalue weighted by atomic mass is 35.5. The van der Waals surface area contributed by atoms with E-state index in [4.69, 9.17) is 11.6 Å². The molecule has 0 radical (unpaired) electrons. The van der Waals surface area contributed by atoms with E-state index in [-0.39, 0.29) is 5.91 Å². The van der Waals surface area contributed by atoms with Crippen LogP contribution in [0.5, 0.6) is 0 Å². The molecule has 5 heteroatoms. The van der Waals surface area contributed by atoms with Gasteiger partial charge in [-0.25, -0.2) is 4.98 Å². The molecule has 0 aliphatic carbocycles. The zero-order chi connectivity index (χ0) is 14.5. The molecule has 0 aliphatic rings. The van der Waals surface area contributed by atoms with Crippen LogP contribution in [0.1, 0.15) is 21.1 Å². The van der Waals surface area contributed by atoms with Crippen LogP contribution in [0.3, 0.4) is 0 Å². The molecule has 0 saturated heterocycles. The molecular formula is C15H17ClN2OS. The van der Waals surface area contributed by atoms with Crippen molar-refractivity contribution < 1.29 is 4.79 Å². The number of thiazole rings is 1. The molecule has 1 N–H and O–H groups in total. The van der Waals surface area contributed by atoms with Gasteiger partial charge in [-0.15, -0.1) is 11.3 Å².